The number of hydrogen-bond acceptors (Lipinski definition) is 6. The van der Waals surface area contributed by atoms with Gasteiger partial charge in [0.05, 0.1) is 35.0 Å². The first-order chi connectivity index (χ1) is 14.5. The zero-order valence-electron chi connectivity index (χ0n) is 15.9. The lowest BCUT2D eigenvalue weighted by molar-refractivity contribution is -0.385. The molecule has 0 aliphatic carbocycles. The van der Waals surface area contributed by atoms with Gasteiger partial charge in [-0.1, -0.05) is 24.3 Å². The van der Waals surface area contributed by atoms with Gasteiger partial charge in [0.25, 0.3) is 11.6 Å². The normalized spacial score (nSPS) is 11.5. The van der Waals surface area contributed by atoms with E-state index < -0.39 is 16.9 Å². The Balaban J connectivity index is 1.74. The minimum absolute atomic E-state index is 0.153. The Labute approximate surface area is 171 Å². The van der Waals surface area contributed by atoms with E-state index in [0.717, 1.165) is 5.69 Å². The van der Waals surface area contributed by atoms with E-state index in [9.17, 15) is 19.7 Å². The maximum atomic E-state index is 12.6. The molecule has 0 saturated carbocycles. The Kier molecular flexibility index (Phi) is 6.83. The quantitative estimate of drug-likeness (QED) is 0.365. The summed E-state index contributed by atoms with van der Waals surface area (Å²) in [6.45, 7) is 0.349. The summed E-state index contributed by atoms with van der Waals surface area (Å²) in [6, 6.07) is 9.97. The van der Waals surface area contributed by atoms with Gasteiger partial charge in [0.1, 0.15) is 5.69 Å². The molecule has 2 heterocycles. The molecule has 3 aromatic rings. The summed E-state index contributed by atoms with van der Waals surface area (Å²) in [7, 11) is 0. The van der Waals surface area contributed by atoms with E-state index in [0.29, 0.717) is 13.0 Å². The van der Waals surface area contributed by atoms with E-state index in [-0.39, 0.29) is 29.3 Å². The highest BCUT2D eigenvalue weighted by molar-refractivity contribution is 5.93. The first kappa shape index (κ1) is 20.6. The van der Waals surface area contributed by atoms with Gasteiger partial charge in [-0.05, 0) is 12.1 Å². The molecular weight excluding hydrogens is 388 g/mol. The molecule has 0 bridgehead atoms. The standard InChI is InChI=1S/C20H20N6O4/c27-19(23-10-8-14-12-21-13-24-14)11-17(15-5-1-2-7-18(15)26(29)30)25-20(28)16-6-3-4-9-22-16/h1-7,9,12-13,17H,8,10-11H2,(H,21,24)(H,23,27)(H,25,28). The highest BCUT2D eigenvalue weighted by atomic mass is 16.6. The van der Waals surface area contributed by atoms with Gasteiger partial charge in [0.2, 0.25) is 5.91 Å². The number of amides is 2. The van der Waals surface area contributed by atoms with Crippen LogP contribution in [0, 0.1) is 10.1 Å². The number of nitro benzene ring substituents is 1. The Morgan fingerprint density at radius 1 is 1.13 bits per heavy atom. The number of benzene rings is 1. The van der Waals surface area contributed by atoms with Gasteiger partial charge in [0, 0.05) is 31.4 Å². The van der Waals surface area contributed by atoms with Crippen LogP contribution in [-0.4, -0.2) is 38.2 Å². The summed E-state index contributed by atoms with van der Waals surface area (Å²) in [5.41, 5.74) is 1.02. The summed E-state index contributed by atoms with van der Waals surface area (Å²) in [5, 5.41) is 16.9. The van der Waals surface area contributed by atoms with E-state index in [1.165, 1.54) is 30.5 Å². The third-order valence-electron chi connectivity index (χ3n) is 4.36. The second-order valence-corrected chi connectivity index (χ2v) is 6.42. The number of nitrogens with one attached hydrogen (secondary N) is 3. The Morgan fingerprint density at radius 3 is 2.63 bits per heavy atom. The molecule has 0 aliphatic heterocycles. The average Bonchev–Trinajstić information content (AvgIpc) is 3.27. The first-order valence-corrected chi connectivity index (χ1v) is 9.24. The van der Waals surface area contributed by atoms with Crippen molar-refractivity contribution in [3.05, 3.63) is 88.3 Å². The number of pyridine rings is 1. The molecule has 0 aliphatic rings. The van der Waals surface area contributed by atoms with Crippen molar-refractivity contribution in [1.29, 1.82) is 0 Å². The number of rotatable bonds is 9. The van der Waals surface area contributed by atoms with Crippen LogP contribution in [0.1, 0.15) is 34.2 Å². The molecule has 3 rings (SSSR count). The Hall–Kier alpha value is -4.08. The van der Waals surface area contributed by atoms with Crippen LogP contribution < -0.4 is 10.6 Å². The van der Waals surface area contributed by atoms with Gasteiger partial charge in [-0.3, -0.25) is 24.7 Å². The van der Waals surface area contributed by atoms with E-state index in [1.54, 1.807) is 30.7 Å². The second kappa shape index (κ2) is 9.92. The third kappa shape index (κ3) is 5.47. The summed E-state index contributed by atoms with van der Waals surface area (Å²) >= 11 is 0. The molecule has 1 unspecified atom stereocenters. The molecule has 154 valence electrons. The minimum Gasteiger partial charge on any atom is -0.356 e. The number of aromatic amines is 1. The predicted octanol–water partition coefficient (Wildman–Crippen LogP) is 1.93. The number of nitrogens with zero attached hydrogens (tertiary/aromatic N) is 3. The molecule has 30 heavy (non-hydrogen) atoms. The van der Waals surface area contributed by atoms with Gasteiger partial charge >= 0.3 is 0 Å². The highest BCUT2D eigenvalue weighted by Crippen LogP contribution is 2.27. The molecule has 3 N–H and O–H groups in total. The summed E-state index contributed by atoms with van der Waals surface area (Å²) in [6.07, 6.45) is 5.12. The van der Waals surface area contributed by atoms with Crippen molar-refractivity contribution in [1.82, 2.24) is 25.6 Å². The zero-order valence-corrected chi connectivity index (χ0v) is 15.9. The monoisotopic (exact) mass is 408 g/mol. The van der Waals surface area contributed by atoms with Crippen LogP contribution in [0.2, 0.25) is 0 Å². The fourth-order valence-electron chi connectivity index (χ4n) is 2.93. The number of carbonyl (C=O) groups excluding carboxylic acids is 2. The second-order valence-electron chi connectivity index (χ2n) is 6.42. The molecule has 2 amide bonds. The maximum Gasteiger partial charge on any atom is 0.274 e. The molecule has 1 aromatic carbocycles. The average molecular weight is 408 g/mol. The molecular formula is C20H20N6O4. The number of nitro groups is 1. The Bertz CT molecular complexity index is 1010. The smallest absolute Gasteiger partial charge is 0.274 e. The molecule has 2 aromatic heterocycles. The molecule has 1 atom stereocenters. The predicted molar refractivity (Wildman–Crippen MR) is 107 cm³/mol. The van der Waals surface area contributed by atoms with Crippen LogP contribution in [0.25, 0.3) is 0 Å². The third-order valence-corrected chi connectivity index (χ3v) is 4.36. The lowest BCUT2D eigenvalue weighted by Crippen LogP contribution is -2.35. The lowest BCUT2D eigenvalue weighted by atomic mass is 10.0. The Morgan fingerprint density at radius 2 is 1.93 bits per heavy atom. The van der Waals surface area contributed by atoms with E-state index >= 15 is 0 Å². The van der Waals surface area contributed by atoms with Crippen LogP contribution in [-0.2, 0) is 11.2 Å². The van der Waals surface area contributed by atoms with Crippen molar-refractivity contribution in [3.63, 3.8) is 0 Å². The highest BCUT2D eigenvalue weighted by Gasteiger charge is 2.26. The fourth-order valence-corrected chi connectivity index (χ4v) is 2.93. The van der Waals surface area contributed by atoms with Crippen LogP contribution >= 0.6 is 0 Å². The van der Waals surface area contributed by atoms with Gasteiger partial charge in [-0.15, -0.1) is 0 Å². The number of carbonyl (C=O) groups is 2. The first-order valence-electron chi connectivity index (χ1n) is 9.24. The van der Waals surface area contributed by atoms with Crippen molar-refractivity contribution >= 4 is 17.5 Å². The maximum absolute atomic E-state index is 12.6. The summed E-state index contributed by atoms with van der Waals surface area (Å²) in [5.74, 6) is -0.877. The number of H-pyrrole nitrogens is 1. The molecule has 0 saturated heterocycles. The van der Waals surface area contributed by atoms with Crippen LogP contribution in [0.3, 0.4) is 0 Å². The molecule has 10 nitrogen and oxygen atoms in total. The number of aromatic nitrogens is 3. The molecule has 0 spiro atoms. The van der Waals surface area contributed by atoms with Gasteiger partial charge in [0.15, 0.2) is 0 Å². The summed E-state index contributed by atoms with van der Waals surface area (Å²) in [4.78, 5) is 46.9. The van der Waals surface area contributed by atoms with Crippen molar-refractivity contribution in [3.8, 4) is 0 Å². The van der Waals surface area contributed by atoms with Gasteiger partial charge in [-0.25, -0.2) is 4.98 Å². The van der Waals surface area contributed by atoms with E-state index in [1.807, 2.05) is 0 Å². The fraction of sp³-hybridized carbons (Fsp3) is 0.200. The van der Waals surface area contributed by atoms with Gasteiger partial charge < -0.3 is 15.6 Å². The molecule has 0 fully saturated rings. The van der Waals surface area contributed by atoms with E-state index in [4.69, 9.17) is 0 Å². The number of imidazole rings is 1. The molecule has 0 radical (unpaired) electrons. The van der Waals surface area contributed by atoms with Crippen molar-refractivity contribution in [2.75, 3.05) is 6.54 Å². The lowest BCUT2D eigenvalue weighted by Gasteiger charge is -2.19. The van der Waals surface area contributed by atoms with Crippen LogP contribution in [0.5, 0.6) is 0 Å². The van der Waals surface area contributed by atoms with Crippen LogP contribution in [0.4, 0.5) is 5.69 Å². The van der Waals surface area contributed by atoms with Crippen molar-refractivity contribution < 1.29 is 14.5 Å². The largest absolute Gasteiger partial charge is 0.356 e. The zero-order chi connectivity index (χ0) is 21.3. The van der Waals surface area contributed by atoms with Crippen LogP contribution in [0.15, 0.2) is 61.2 Å². The van der Waals surface area contributed by atoms with Crippen molar-refractivity contribution in [2.24, 2.45) is 0 Å². The SMILES string of the molecule is O=C(CC(NC(=O)c1ccccn1)c1ccccc1[N+](=O)[O-])NCCc1c[nH]cn1. The van der Waals surface area contributed by atoms with E-state index in [2.05, 4.69) is 25.6 Å². The summed E-state index contributed by atoms with van der Waals surface area (Å²) < 4.78 is 0. The number of hydrogen-bond donors (Lipinski definition) is 3. The molecule has 10 heteroatoms. The van der Waals surface area contributed by atoms with Gasteiger partial charge in [-0.2, -0.15) is 0 Å². The number of para-hydroxylation sites is 1. The topological polar surface area (TPSA) is 143 Å². The van der Waals surface area contributed by atoms with Crippen molar-refractivity contribution in [2.45, 2.75) is 18.9 Å². The minimum atomic E-state index is -0.897.